The van der Waals surface area contributed by atoms with Gasteiger partial charge < -0.3 is 44.3 Å². The van der Waals surface area contributed by atoms with Crippen molar-refractivity contribution in [3.8, 4) is 0 Å². The van der Waals surface area contributed by atoms with E-state index in [1.165, 1.54) is 13.5 Å². The average molecular weight is 713 g/mol. The number of likely N-dealkylation sites (tertiary alicyclic amines) is 1. The fourth-order valence-electron chi connectivity index (χ4n) is 8.50. The molecule has 3 fully saturated rings. The van der Waals surface area contributed by atoms with Gasteiger partial charge in [-0.1, -0.05) is 27.2 Å². The Kier molecular flexibility index (Phi) is 16.1. The van der Waals surface area contributed by atoms with Crippen LogP contribution in [0.25, 0.3) is 0 Å². The minimum Gasteiger partial charge on any atom is -0.459 e. The minimum absolute atomic E-state index is 0.0186. The van der Waals surface area contributed by atoms with Crippen LogP contribution in [0.15, 0.2) is 0 Å². The van der Waals surface area contributed by atoms with Crippen LogP contribution < -0.4 is 10.6 Å². The summed E-state index contributed by atoms with van der Waals surface area (Å²) in [6.45, 7) is 16.1. The summed E-state index contributed by atoms with van der Waals surface area (Å²) in [5, 5.41) is 18.2. The molecule has 1 unspecified atom stereocenters. The summed E-state index contributed by atoms with van der Waals surface area (Å²) in [6.07, 6.45) is 1.32. The molecule has 0 bridgehead atoms. The number of rotatable bonds is 10. The number of ether oxygens (including phenoxy) is 5. The van der Waals surface area contributed by atoms with Gasteiger partial charge in [-0.25, -0.2) is 0 Å². The Morgan fingerprint density at radius 3 is 2.34 bits per heavy atom. The number of piperidine rings is 1. The zero-order valence-electron chi connectivity index (χ0n) is 32.6. The van der Waals surface area contributed by atoms with E-state index >= 15 is 0 Å². The van der Waals surface area contributed by atoms with Crippen LogP contribution in [0.5, 0.6) is 0 Å². The number of nitrogens with one attached hydrogen (secondary N) is 2. The Labute approximate surface area is 300 Å². The number of hydrogen-bond donors (Lipinski definition) is 3. The molecule has 0 saturated carbocycles. The van der Waals surface area contributed by atoms with E-state index in [0.717, 1.165) is 25.9 Å². The summed E-state index contributed by atoms with van der Waals surface area (Å²) in [7, 11) is 7.02. The number of ketones is 1. The van der Waals surface area contributed by atoms with E-state index in [-0.39, 0.29) is 35.9 Å². The highest BCUT2D eigenvalue weighted by molar-refractivity contribution is 5.97. The highest BCUT2D eigenvalue weighted by Crippen LogP contribution is 2.37. The molecule has 13 nitrogen and oxygen atoms in total. The summed E-state index contributed by atoms with van der Waals surface area (Å²) in [4.78, 5) is 43.7. The average Bonchev–Trinajstić information content (AvgIpc) is 3.10. The van der Waals surface area contributed by atoms with Gasteiger partial charge >= 0.3 is 5.97 Å². The fraction of sp³-hybridized carbons (Fsp3) is 0.919. The molecule has 3 heterocycles. The third-order valence-electron chi connectivity index (χ3n) is 11.9. The number of carbonyl (C=O) groups excluding carboxylic acids is 3. The van der Waals surface area contributed by atoms with Crippen LogP contribution in [-0.4, -0.2) is 147 Å². The van der Waals surface area contributed by atoms with Crippen LogP contribution in [0, 0.1) is 11.8 Å². The fourth-order valence-corrected chi connectivity index (χ4v) is 8.50. The highest BCUT2D eigenvalue weighted by Gasteiger charge is 2.50. The van der Waals surface area contributed by atoms with E-state index in [1.807, 2.05) is 46.7 Å². The largest absolute Gasteiger partial charge is 0.459 e. The van der Waals surface area contributed by atoms with Crippen molar-refractivity contribution in [2.24, 2.45) is 11.8 Å². The third-order valence-corrected chi connectivity index (χ3v) is 11.9. The van der Waals surface area contributed by atoms with E-state index in [1.54, 1.807) is 14.0 Å². The number of Topliss-reactive ketones (excluding diaryl/α,β-unsaturated/α-hetero) is 1. The van der Waals surface area contributed by atoms with E-state index in [9.17, 15) is 19.5 Å². The van der Waals surface area contributed by atoms with Gasteiger partial charge in [-0.3, -0.25) is 19.3 Å². The zero-order chi connectivity index (χ0) is 37.4. The summed E-state index contributed by atoms with van der Waals surface area (Å²) in [5.41, 5.74) is -2.11. The number of aliphatic hydroxyl groups is 1. The molecule has 0 aromatic carbocycles. The Morgan fingerprint density at radius 1 is 1.12 bits per heavy atom. The Bertz CT molecular complexity index is 1090. The van der Waals surface area contributed by atoms with Gasteiger partial charge in [0.15, 0.2) is 6.29 Å². The lowest BCUT2D eigenvalue weighted by molar-refractivity contribution is -0.303. The molecular weight excluding hydrogens is 644 g/mol. The normalized spacial score (nSPS) is 41.1. The van der Waals surface area contributed by atoms with Gasteiger partial charge in [0.2, 0.25) is 6.41 Å². The van der Waals surface area contributed by atoms with Gasteiger partial charge in [-0.05, 0) is 99.4 Å². The third kappa shape index (κ3) is 10.0. The Hall–Kier alpha value is -1.71. The number of amides is 1. The first kappa shape index (κ1) is 42.7. The summed E-state index contributed by atoms with van der Waals surface area (Å²) in [5.74, 6) is -1.87. The van der Waals surface area contributed by atoms with Crippen LogP contribution in [0.3, 0.4) is 0 Å². The number of hydrogen-bond acceptors (Lipinski definition) is 12. The van der Waals surface area contributed by atoms with Crippen molar-refractivity contribution in [1.29, 1.82) is 0 Å². The van der Waals surface area contributed by atoms with Crippen LogP contribution in [0.4, 0.5) is 0 Å². The molecule has 0 aliphatic carbocycles. The maximum Gasteiger partial charge on any atom is 0.313 e. The zero-order valence-corrected chi connectivity index (χ0v) is 32.6. The quantitative estimate of drug-likeness (QED) is 0.174. The van der Waals surface area contributed by atoms with Gasteiger partial charge in [0.1, 0.15) is 30.0 Å². The van der Waals surface area contributed by atoms with Crippen molar-refractivity contribution < 1.29 is 43.2 Å². The van der Waals surface area contributed by atoms with Crippen molar-refractivity contribution in [3.63, 3.8) is 0 Å². The van der Waals surface area contributed by atoms with Crippen LogP contribution in [0.2, 0.25) is 0 Å². The first-order valence-electron chi connectivity index (χ1n) is 18.7. The van der Waals surface area contributed by atoms with Crippen molar-refractivity contribution in [2.45, 2.75) is 159 Å². The van der Waals surface area contributed by atoms with Gasteiger partial charge in [0.05, 0.1) is 23.9 Å². The van der Waals surface area contributed by atoms with Crippen molar-refractivity contribution in [1.82, 2.24) is 20.4 Å². The SMILES string of the molecule is CC[C@H]1OC(=O)CC(=O)[C@H](C)[C@@H](O[C@@H]2O[C@H]([C@H](C)N3CCCCC3)CC(N(C)C)[C@H]2O)[C@](C)(OC)C[C@@H](C)CN[C@H](C)[C@@H](NC=O)[C@]1(C)OC. The lowest BCUT2D eigenvalue weighted by Crippen LogP contribution is -2.64. The molecular formula is C37H68N4O9. The second kappa shape index (κ2) is 18.9. The second-order valence-corrected chi connectivity index (χ2v) is 15.7. The summed E-state index contributed by atoms with van der Waals surface area (Å²) < 4.78 is 31.6. The van der Waals surface area contributed by atoms with Crippen LogP contribution in [0.1, 0.15) is 93.4 Å². The number of nitrogens with zero attached hydrogens (tertiary/aromatic N) is 2. The first-order valence-corrected chi connectivity index (χ1v) is 18.7. The maximum atomic E-state index is 14.0. The van der Waals surface area contributed by atoms with E-state index < -0.39 is 60.2 Å². The summed E-state index contributed by atoms with van der Waals surface area (Å²) >= 11 is 0. The molecule has 0 aromatic heterocycles. The Morgan fingerprint density at radius 2 is 1.78 bits per heavy atom. The van der Waals surface area contributed by atoms with Crippen LogP contribution in [-0.2, 0) is 38.1 Å². The lowest BCUT2D eigenvalue weighted by atomic mass is 9.80. The lowest BCUT2D eigenvalue weighted by Gasteiger charge is -2.49. The second-order valence-electron chi connectivity index (χ2n) is 15.7. The number of aliphatic hydroxyl groups excluding tert-OH is 1. The van der Waals surface area contributed by atoms with E-state index in [4.69, 9.17) is 23.7 Å². The van der Waals surface area contributed by atoms with Gasteiger partial charge in [0, 0.05) is 38.3 Å². The molecule has 1 amide bonds. The number of esters is 1. The molecule has 290 valence electrons. The van der Waals surface area contributed by atoms with Crippen molar-refractivity contribution in [3.05, 3.63) is 0 Å². The molecule has 0 spiro atoms. The molecule has 3 rings (SSSR count). The number of carbonyl (C=O) groups is 3. The topological polar surface area (TPSA) is 148 Å². The number of likely N-dealkylation sites (N-methyl/N-ethyl adjacent to an activating group) is 1. The molecule has 50 heavy (non-hydrogen) atoms. The number of cyclic esters (lactones) is 1. The molecule has 0 aromatic rings. The Balaban J connectivity index is 2.01. The predicted octanol–water partition coefficient (Wildman–Crippen LogP) is 2.51. The smallest absolute Gasteiger partial charge is 0.313 e. The number of methoxy groups -OCH3 is 2. The summed E-state index contributed by atoms with van der Waals surface area (Å²) in [6, 6.07) is -0.961. The van der Waals surface area contributed by atoms with Gasteiger partial charge in [0.25, 0.3) is 0 Å². The molecule has 13 atom stereocenters. The van der Waals surface area contributed by atoms with E-state index in [2.05, 4.69) is 29.4 Å². The molecule has 13 heteroatoms. The van der Waals surface area contributed by atoms with Crippen molar-refractivity contribution in [2.75, 3.05) is 47.9 Å². The maximum absolute atomic E-state index is 14.0. The molecule has 3 N–H and O–H groups in total. The van der Waals surface area contributed by atoms with Gasteiger partial charge in [-0.2, -0.15) is 0 Å². The first-order chi connectivity index (χ1) is 23.6. The van der Waals surface area contributed by atoms with Crippen molar-refractivity contribution >= 4 is 18.2 Å². The highest BCUT2D eigenvalue weighted by atomic mass is 16.7. The minimum atomic E-state index is -1.10. The molecule has 3 saturated heterocycles. The predicted molar refractivity (Wildman–Crippen MR) is 191 cm³/mol. The monoisotopic (exact) mass is 712 g/mol. The molecule has 3 aliphatic heterocycles. The van der Waals surface area contributed by atoms with Gasteiger partial charge in [-0.15, -0.1) is 0 Å². The van der Waals surface area contributed by atoms with E-state index in [0.29, 0.717) is 32.2 Å². The van der Waals surface area contributed by atoms with Crippen LogP contribution >= 0.6 is 0 Å². The molecule has 3 aliphatic rings. The standard InChI is InChI=1S/C37H68N4O9/c1-12-30-37(7,47-11)33(39-22-42)25(4)38-21-23(2)20-36(6,46-10)34(24(3)28(43)19-31(44)49-30)50-35-32(45)27(40(8)9)18-29(48-35)26(5)41-16-14-13-15-17-41/h22-27,29-30,32-35,38,45H,12-21H2,1-11H3,(H,39,42)/t23-,24+,25-,26+,27?,29+,30-,32-,33-,34-,35+,36-,37-/m1/s1. The molecule has 0 radical (unpaired) electrons.